The first kappa shape index (κ1) is 18.5. The molecule has 1 aromatic rings. The molecule has 6 heteroatoms. The smallest absolute Gasteiger partial charge is 0.319 e. The molecule has 0 bridgehead atoms. The Morgan fingerprint density at radius 1 is 1.12 bits per heavy atom. The van der Waals surface area contributed by atoms with Crippen molar-refractivity contribution in [2.45, 2.75) is 31.7 Å². The number of ether oxygens (including phenoxy) is 1. The van der Waals surface area contributed by atoms with E-state index in [0.717, 1.165) is 43.5 Å². The van der Waals surface area contributed by atoms with Gasteiger partial charge in [-0.1, -0.05) is 12.1 Å². The van der Waals surface area contributed by atoms with Crippen molar-refractivity contribution in [1.82, 2.24) is 14.7 Å². The number of likely N-dealkylation sites (tertiary alicyclic amines) is 2. The summed E-state index contributed by atoms with van der Waals surface area (Å²) >= 11 is 0. The van der Waals surface area contributed by atoms with E-state index in [-0.39, 0.29) is 23.9 Å². The van der Waals surface area contributed by atoms with Gasteiger partial charge < -0.3 is 19.4 Å². The molecule has 0 saturated carbocycles. The van der Waals surface area contributed by atoms with E-state index in [2.05, 4.69) is 6.07 Å². The summed E-state index contributed by atoms with van der Waals surface area (Å²) < 4.78 is 5.34. The minimum absolute atomic E-state index is 0.0208. The lowest BCUT2D eigenvalue weighted by Crippen LogP contribution is -2.47. The molecule has 0 spiro atoms. The van der Waals surface area contributed by atoms with E-state index in [1.165, 1.54) is 0 Å². The Hall–Kier alpha value is -2.24. The zero-order valence-corrected chi connectivity index (χ0v) is 16.0. The van der Waals surface area contributed by atoms with Gasteiger partial charge >= 0.3 is 6.03 Å². The maximum atomic E-state index is 13.1. The molecule has 6 nitrogen and oxygen atoms in total. The molecule has 1 aromatic carbocycles. The van der Waals surface area contributed by atoms with E-state index in [1.54, 1.807) is 26.1 Å². The highest BCUT2D eigenvalue weighted by atomic mass is 16.5. The van der Waals surface area contributed by atoms with E-state index in [1.807, 2.05) is 28.0 Å². The van der Waals surface area contributed by atoms with E-state index in [4.69, 9.17) is 4.74 Å². The number of nitrogens with zero attached hydrogens (tertiary/aromatic N) is 3. The number of hydrogen-bond donors (Lipinski definition) is 0. The summed E-state index contributed by atoms with van der Waals surface area (Å²) in [7, 11) is 5.20. The largest absolute Gasteiger partial charge is 0.497 e. The van der Waals surface area contributed by atoms with Crippen LogP contribution in [0.1, 0.15) is 37.3 Å². The van der Waals surface area contributed by atoms with Gasteiger partial charge in [0.2, 0.25) is 5.91 Å². The summed E-state index contributed by atoms with van der Waals surface area (Å²) in [6, 6.07) is 8.21. The van der Waals surface area contributed by atoms with Crippen LogP contribution in [0.2, 0.25) is 0 Å². The van der Waals surface area contributed by atoms with Gasteiger partial charge in [-0.15, -0.1) is 0 Å². The summed E-state index contributed by atoms with van der Waals surface area (Å²) in [5, 5.41) is 0. The van der Waals surface area contributed by atoms with Crippen LogP contribution >= 0.6 is 0 Å². The first-order valence-electron chi connectivity index (χ1n) is 9.42. The van der Waals surface area contributed by atoms with Crippen LogP contribution in [0.15, 0.2) is 24.3 Å². The molecule has 2 aliphatic heterocycles. The number of piperidine rings is 1. The van der Waals surface area contributed by atoms with Crippen molar-refractivity contribution in [2.75, 3.05) is 40.8 Å². The van der Waals surface area contributed by atoms with Crippen molar-refractivity contribution >= 4 is 11.9 Å². The third-order valence-electron chi connectivity index (χ3n) is 5.51. The molecule has 1 atom stereocenters. The average Bonchev–Trinajstić information content (AvgIpc) is 3.16. The molecular formula is C20H29N3O3. The molecule has 142 valence electrons. The van der Waals surface area contributed by atoms with Crippen molar-refractivity contribution in [2.24, 2.45) is 5.92 Å². The molecule has 0 aliphatic carbocycles. The average molecular weight is 359 g/mol. The highest BCUT2D eigenvalue weighted by Crippen LogP contribution is 2.35. The predicted molar refractivity (Wildman–Crippen MR) is 100 cm³/mol. The summed E-state index contributed by atoms with van der Waals surface area (Å²) in [5.41, 5.74) is 1.15. The molecule has 3 rings (SSSR count). The SMILES string of the molecule is COc1cccc(C2CCCN2C(=O)C2CCN(C(=O)N(C)C)CC2)c1. The Bertz CT molecular complexity index is 653. The van der Waals surface area contributed by atoms with E-state index in [9.17, 15) is 9.59 Å². The van der Waals surface area contributed by atoms with Crippen molar-refractivity contribution in [3.05, 3.63) is 29.8 Å². The second-order valence-corrected chi connectivity index (χ2v) is 7.40. The zero-order chi connectivity index (χ0) is 18.7. The van der Waals surface area contributed by atoms with Crippen molar-refractivity contribution < 1.29 is 14.3 Å². The highest BCUT2D eigenvalue weighted by Gasteiger charge is 2.36. The van der Waals surface area contributed by atoms with E-state index in [0.29, 0.717) is 13.1 Å². The lowest BCUT2D eigenvalue weighted by molar-refractivity contribution is -0.137. The first-order valence-corrected chi connectivity index (χ1v) is 9.42. The minimum Gasteiger partial charge on any atom is -0.497 e. The van der Waals surface area contributed by atoms with Crippen LogP contribution in [0.5, 0.6) is 5.75 Å². The molecule has 0 N–H and O–H groups in total. The molecule has 2 fully saturated rings. The van der Waals surface area contributed by atoms with Gasteiger partial charge in [-0.3, -0.25) is 4.79 Å². The fourth-order valence-corrected chi connectivity index (χ4v) is 4.06. The number of hydrogen-bond acceptors (Lipinski definition) is 3. The Labute approximate surface area is 155 Å². The standard InChI is InChI=1S/C20H29N3O3/c1-21(2)20(25)22-12-9-15(10-13-22)19(24)23-11-5-8-18(23)16-6-4-7-17(14-16)26-3/h4,6-7,14-15,18H,5,8-13H2,1-3H3. The minimum atomic E-state index is 0.0208. The Balaban J connectivity index is 1.65. The van der Waals surface area contributed by atoms with Crippen LogP contribution in [-0.4, -0.2) is 67.5 Å². The van der Waals surface area contributed by atoms with Gasteiger partial charge in [0.05, 0.1) is 13.2 Å². The molecule has 26 heavy (non-hydrogen) atoms. The predicted octanol–water partition coefficient (Wildman–Crippen LogP) is 2.75. The summed E-state index contributed by atoms with van der Waals surface area (Å²) in [6.45, 7) is 2.13. The van der Waals surface area contributed by atoms with E-state index >= 15 is 0 Å². The van der Waals surface area contributed by atoms with Gasteiger partial charge in [0.15, 0.2) is 0 Å². The normalized spacial score (nSPS) is 21.0. The number of carbonyl (C=O) groups excluding carboxylic acids is 2. The fourth-order valence-electron chi connectivity index (χ4n) is 4.06. The van der Waals surface area contributed by atoms with Crippen LogP contribution < -0.4 is 4.74 Å². The monoisotopic (exact) mass is 359 g/mol. The molecule has 2 aliphatic rings. The second-order valence-electron chi connectivity index (χ2n) is 7.40. The molecule has 0 radical (unpaired) electrons. The van der Waals surface area contributed by atoms with E-state index < -0.39 is 0 Å². The maximum Gasteiger partial charge on any atom is 0.319 e. The molecule has 2 saturated heterocycles. The van der Waals surface area contributed by atoms with Gasteiger partial charge in [0.25, 0.3) is 0 Å². The van der Waals surface area contributed by atoms with Crippen molar-refractivity contribution in [3.63, 3.8) is 0 Å². The first-order chi connectivity index (χ1) is 12.5. The highest BCUT2D eigenvalue weighted by molar-refractivity contribution is 5.80. The van der Waals surface area contributed by atoms with Crippen LogP contribution in [0.3, 0.4) is 0 Å². The van der Waals surface area contributed by atoms with Gasteiger partial charge in [-0.05, 0) is 43.4 Å². The quantitative estimate of drug-likeness (QED) is 0.834. The Kier molecular flexibility index (Phi) is 5.69. The summed E-state index contributed by atoms with van der Waals surface area (Å²) in [4.78, 5) is 30.7. The van der Waals surface area contributed by atoms with Gasteiger partial charge in [0, 0.05) is 39.6 Å². The lowest BCUT2D eigenvalue weighted by atomic mass is 9.94. The molecule has 2 heterocycles. The lowest BCUT2D eigenvalue weighted by Gasteiger charge is -2.36. The molecule has 1 unspecified atom stereocenters. The third-order valence-corrected chi connectivity index (χ3v) is 5.51. The number of rotatable bonds is 3. The maximum absolute atomic E-state index is 13.1. The van der Waals surface area contributed by atoms with Gasteiger partial charge in [-0.2, -0.15) is 0 Å². The van der Waals surface area contributed by atoms with Crippen molar-refractivity contribution in [3.8, 4) is 5.75 Å². The Morgan fingerprint density at radius 2 is 1.85 bits per heavy atom. The fraction of sp³-hybridized carbons (Fsp3) is 0.600. The van der Waals surface area contributed by atoms with Gasteiger partial charge in [0.1, 0.15) is 5.75 Å². The molecule has 3 amide bonds. The Morgan fingerprint density at radius 3 is 2.50 bits per heavy atom. The summed E-state index contributed by atoms with van der Waals surface area (Å²) in [6.07, 6.45) is 3.53. The number of methoxy groups -OCH3 is 1. The summed E-state index contributed by atoms with van der Waals surface area (Å²) in [5.74, 6) is 1.09. The number of urea groups is 1. The van der Waals surface area contributed by atoms with Gasteiger partial charge in [-0.25, -0.2) is 4.79 Å². The molecular weight excluding hydrogens is 330 g/mol. The van der Waals surface area contributed by atoms with Crippen LogP contribution in [0.25, 0.3) is 0 Å². The van der Waals surface area contributed by atoms with Crippen LogP contribution in [0.4, 0.5) is 4.79 Å². The third kappa shape index (κ3) is 3.79. The second kappa shape index (κ2) is 7.98. The zero-order valence-electron chi connectivity index (χ0n) is 16.0. The van der Waals surface area contributed by atoms with Crippen molar-refractivity contribution in [1.29, 1.82) is 0 Å². The number of amides is 3. The number of benzene rings is 1. The van der Waals surface area contributed by atoms with Crippen LogP contribution in [-0.2, 0) is 4.79 Å². The topological polar surface area (TPSA) is 53.1 Å². The van der Waals surface area contributed by atoms with Crippen LogP contribution in [0, 0.1) is 5.92 Å². The number of carbonyl (C=O) groups is 2. The molecule has 0 aromatic heterocycles.